The van der Waals surface area contributed by atoms with Crippen molar-refractivity contribution in [1.29, 1.82) is 0 Å². The van der Waals surface area contributed by atoms with Crippen LogP contribution in [0.4, 0.5) is 5.69 Å². The minimum absolute atomic E-state index is 0.0656. The summed E-state index contributed by atoms with van der Waals surface area (Å²) in [4.78, 5) is 14.1. The van der Waals surface area contributed by atoms with Crippen molar-refractivity contribution in [2.75, 3.05) is 26.4 Å². The smallest absolute Gasteiger partial charge is 0.251 e. The third-order valence-electron chi connectivity index (χ3n) is 2.64. The van der Waals surface area contributed by atoms with E-state index < -0.39 is 0 Å². The van der Waals surface area contributed by atoms with E-state index in [9.17, 15) is 4.79 Å². The number of carbonyl (C=O) groups excluding carboxylic acids is 1. The van der Waals surface area contributed by atoms with E-state index in [2.05, 4.69) is 5.32 Å². The number of nitrogens with zero attached hydrogens (tertiary/aromatic N) is 1. The van der Waals surface area contributed by atoms with Crippen molar-refractivity contribution >= 4 is 11.6 Å². The van der Waals surface area contributed by atoms with Gasteiger partial charge in [0.15, 0.2) is 0 Å². The van der Waals surface area contributed by atoms with Gasteiger partial charge in [0, 0.05) is 23.8 Å². The predicted molar refractivity (Wildman–Crippen MR) is 71.1 cm³/mol. The number of hydrogen-bond acceptors (Lipinski definition) is 3. The standard InChI is InChI=1S/C13H21N3O/c1-9(8-16(3)4)15-13(17)11-6-5-7-12(14)10(11)2/h5-7,9H,8,14H2,1-4H3,(H,15,17). The Morgan fingerprint density at radius 1 is 1.47 bits per heavy atom. The van der Waals surface area contributed by atoms with Crippen molar-refractivity contribution in [2.45, 2.75) is 19.9 Å². The first-order chi connectivity index (χ1) is 7.91. The summed E-state index contributed by atoms with van der Waals surface area (Å²) in [6.07, 6.45) is 0. The molecule has 4 nitrogen and oxygen atoms in total. The van der Waals surface area contributed by atoms with Crippen molar-refractivity contribution in [3.8, 4) is 0 Å². The van der Waals surface area contributed by atoms with Crippen LogP contribution in [0.25, 0.3) is 0 Å². The number of carbonyl (C=O) groups is 1. The number of anilines is 1. The molecule has 0 aromatic heterocycles. The maximum atomic E-state index is 12.0. The largest absolute Gasteiger partial charge is 0.398 e. The van der Waals surface area contributed by atoms with Crippen LogP contribution in [-0.4, -0.2) is 37.5 Å². The quantitative estimate of drug-likeness (QED) is 0.772. The van der Waals surface area contributed by atoms with E-state index in [0.29, 0.717) is 11.3 Å². The van der Waals surface area contributed by atoms with Crippen molar-refractivity contribution < 1.29 is 4.79 Å². The molecule has 1 atom stereocenters. The van der Waals surface area contributed by atoms with Crippen LogP contribution in [0.15, 0.2) is 18.2 Å². The van der Waals surface area contributed by atoms with Crippen LogP contribution >= 0.6 is 0 Å². The van der Waals surface area contributed by atoms with Crippen molar-refractivity contribution in [3.05, 3.63) is 29.3 Å². The summed E-state index contributed by atoms with van der Waals surface area (Å²) in [5.41, 5.74) is 7.92. The summed E-state index contributed by atoms with van der Waals surface area (Å²) >= 11 is 0. The fourth-order valence-corrected chi connectivity index (χ4v) is 1.79. The van der Waals surface area contributed by atoms with Gasteiger partial charge in [-0.25, -0.2) is 0 Å². The van der Waals surface area contributed by atoms with Gasteiger partial charge in [-0.1, -0.05) is 6.07 Å². The van der Waals surface area contributed by atoms with Crippen LogP contribution in [0.1, 0.15) is 22.8 Å². The number of nitrogens with one attached hydrogen (secondary N) is 1. The third kappa shape index (κ3) is 3.75. The summed E-state index contributed by atoms with van der Waals surface area (Å²) in [5, 5.41) is 2.96. The van der Waals surface area contributed by atoms with E-state index in [0.717, 1.165) is 12.1 Å². The van der Waals surface area contributed by atoms with Gasteiger partial charge in [0.05, 0.1) is 0 Å². The second kappa shape index (κ2) is 5.68. The van der Waals surface area contributed by atoms with Crippen LogP contribution < -0.4 is 11.1 Å². The normalized spacial score (nSPS) is 12.5. The number of hydrogen-bond donors (Lipinski definition) is 2. The Kier molecular flexibility index (Phi) is 4.52. The molecule has 0 saturated heterocycles. The topological polar surface area (TPSA) is 58.4 Å². The zero-order chi connectivity index (χ0) is 13.0. The highest BCUT2D eigenvalue weighted by Gasteiger charge is 2.13. The molecule has 0 aliphatic heterocycles. The van der Waals surface area contributed by atoms with Crippen LogP contribution in [0.3, 0.4) is 0 Å². The summed E-state index contributed by atoms with van der Waals surface area (Å²) < 4.78 is 0. The van der Waals surface area contributed by atoms with Crippen LogP contribution in [0.2, 0.25) is 0 Å². The van der Waals surface area contributed by atoms with Crippen LogP contribution in [0, 0.1) is 6.92 Å². The molecule has 3 N–H and O–H groups in total. The van der Waals surface area contributed by atoms with E-state index in [1.165, 1.54) is 0 Å². The molecule has 0 heterocycles. The number of rotatable bonds is 4. The van der Waals surface area contributed by atoms with Crippen LogP contribution in [0.5, 0.6) is 0 Å². The van der Waals surface area contributed by atoms with Gasteiger partial charge >= 0.3 is 0 Å². The Morgan fingerprint density at radius 3 is 2.71 bits per heavy atom. The second-order valence-electron chi connectivity index (χ2n) is 4.66. The highest BCUT2D eigenvalue weighted by molar-refractivity contribution is 5.97. The summed E-state index contributed by atoms with van der Waals surface area (Å²) in [6.45, 7) is 4.66. The lowest BCUT2D eigenvalue weighted by atomic mass is 10.1. The lowest BCUT2D eigenvalue weighted by Gasteiger charge is -2.19. The van der Waals surface area contributed by atoms with E-state index in [1.807, 2.05) is 32.8 Å². The Hall–Kier alpha value is -1.55. The average molecular weight is 235 g/mol. The molecule has 1 aromatic rings. The minimum atomic E-state index is -0.0656. The molecule has 4 heteroatoms. The first-order valence-corrected chi connectivity index (χ1v) is 5.72. The molecule has 0 bridgehead atoms. The van der Waals surface area contributed by atoms with Crippen molar-refractivity contribution in [3.63, 3.8) is 0 Å². The predicted octanol–water partition coefficient (Wildman–Crippen LogP) is 1.26. The Morgan fingerprint density at radius 2 is 2.12 bits per heavy atom. The van der Waals surface area contributed by atoms with Crippen LogP contribution in [-0.2, 0) is 0 Å². The molecule has 0 spiro atoms. The zero-order valence-electron chi connectivity index (χ0n) is 10.9. The van der Waals surface area contributed by atoms with E-state index >= 15 is 0 Å². The van der Waals surface area contributed by atoms with Gasteiger partial charge in [-0.3, -0.25) is 4.79 Å². The number of nitrogen functional groups attached to an aromatic ring is 1. The SMILES string of the molecule is Cc1c(N)cccc1C(=O)NC(C)CN(C)C. The molecule has 0 aliphatic carbocycles. The molecule has 0 radical (unpaired) electrons. The summed E-state index contributed by atoms with van der Waals surface area (Å²) in [7, 11) is 3.96. The average Bonchev–Trinajstić information content (AvgIpc) is 2.20. The minimum Gasteiger partial charge on any atom is -0.398 e. The van der Waals surface area contributed by atoms with Gasteiger partial charge < -0.3 is 16.0 Å². The fourth-order valence-electron chi connectivity index (χ4n) is 1.79. The molecule has 1 aromatic carbocycles. The van der Waals surface area contributed by atoms with Crippen molar-refractivity contribution in [1.82, 2.24) is 10.2 Å². The second-order valence-corrected chi connectivity index (χ2v) is 4.66. The first kappa shape index (κ1) is 13.5. The third-order valence-corrected chi connectivity index (χ3v) is 2.64. The molecule has 0 fully saturated rings. The maximum Gasteiger partial charge on any atom is 0.251 e. The van der Waals surface area contributed by atoms with Gasteiger partial charge in [-0.05, 0) is 45.6 Å². The molecular weight excluding hydrogens is 214 g/mol. The molecule has 17 heavy (non-hydrogen) atoms. The molecule has 0 aliphatic rings. The van der Waals surface area contributed by atoms with Gasteiger partial charge in [-0.2, -0.15) is 0 Å². The fraction of sp³-hybridized carbons (Fsp3) is 0.462. The lowest BCUT2D eigenvalue weighted by Crippen LogP contribution is -2.39. The number of likely N-dealkylation sites (N-methyl/N-ethyl adjacent to an activating group) is 1. The number of amides is 1. The highest BCUT2D eigenvalue weighted by Crippen LogP contribution is 2.15. The molecule has 94 valence electrons. The molecule has 1 unspecified atom stereocenters. The lowest BCUT2D eigenvalue weighted by molar-refractivity contribution is 0.0934. The van der Waals surface area contributed by atoms with Gasteiger partial charge in [0.25, 0.3) is 5.91 Å². The molecule has 1 amide bonds. The summed E-state index contributed by atoms with van der Waals surface area (Å²) in [6, 6.07) is 5.51. The zero-order valence-corrected chi connectivity index (χ0v) is 10.9. The summed E-state index contributed by atoms with van der Waals surface area (Å²) in [5.74, 6) is -0.0656. The Bertz CT molecular complexity index is 402. The molecule has 1 rings (SSSR count). The molecule has 0 saturated carbocycles. The van der Waals surface area contributed by atoms with E-state index in [1.54, 1.807) is 18.2 Å². The van der Waals surface area contributed by atoms with E-state index in [-0.39, 0.29) is 11.9 Å². The van der Waals surface area contributed by atoms with Gasteiger partial charge in [0.1, 0.15) is 0 Å². The number of nitrogens with two attached hydrogens (primary N) is 1. The Balaban J connectivity index is 2.73. The first-order valence-electron chi connectivity index (χ1n) is 5.72. The van der Waals surface area contributed by atoms with E-state index in [4.69, 9.17) is 5.73 Å². The van der Waals surface area contributed by atoms with Crippen molar-refractivity contribution in [2.24, 2.45) is 0 Å². The maximum absolute atomic E-state index is 12.0. The molecular formula is C13H21N3O. The van der Waals surface area contributed by atoms with Gasteiger partial charge in [-0.15, -0.1) is 0 Å². The Labute approximate surface area is 103 Å². The number of benzene rings is 1. The monoisotopic (exact) mass is 235 g/mol. The van der Waals surface area contributed by atoms with Gasteiger partial charge in [0.2, 0.25) is 0 Å². The highest BCUT2D eigenvalue weighted by atomic mass is 16.1.